The van der Waals surface area contributed by atoms with E-state index in [1.54, 1.807) is 7.05 Å². The molecular formula is C13H16N2O+2. The summed E-state index contributed by atoms with van der Waals surface area (Å²) < 4.78 is 0. The minimum Gasteiger partial charge on any atom is -0.177 e. The van der Waals surface area contributed by atoms with Gasteiger partial charge in [-0.3, -0.25) is 0 Å². The van der Waals surface area contributed by atoms with Gasteiger partial charge in [0.2, 0.25) is 5.01 Å². The van der Waals surface area contributed by atoms with Crippen molar-refractivity contribution in [3.05, 3.63) is 44.2 Å². The van der Waals surface area contributed by atoms with Crippen molar-refractivity contribution in [3.63, 3.8) is 0 Å². The first-order chi connectivity index (χ1) is 7.76. The molecule has 0 saturated heterocycles. The van der Waals surface area contributed by atoms with Gasteiger partial charge < -0.3 is 0 Å². The van der Waals surface area contributed by atoms with Gasteiger partial charge in [-0.2, -0.15) is 5.21 Å². The van der Waals surface area contributed by atoms with E-state index in [4.69, 9.17) is 5.21 Å². The molecule has 0 aliphatic carbocycles. The van der Waals surface area contributed by atoms with Gasteiger partial charge in [-0.05, 0) is 30.0 Å². The first-order valence-electron chi connectivity index (χ1n) is 5.37. The van der Waals surface area contributed by atoms with Gasteiger partial charge in [-0.25, -0.2) is 0 Å². The Morgan fingerprint density at radius 3 is 2.06 bits per heavy atom. The molecule has 3 nitrogen and oxygen atoms in total. The third-order valence-corrected chi connectivity index (χ3v) is 2.49. The second-order valence-electron chi connectivity index (χ2n) is 3.42. The zero-order valence-electron chi connectivity index (χ0n) is 9.91. The predicted octanol–water partition coefficient (Wildman–Crippen LogP) is 3.19. The lowest BCUT2D eigenvalue weighted by atomic mass is 9.97. The highest BCUT2D eigenvalue weighted by Crippen LogP contribution is 2.17. The second kappa shape index (κ2) is 5.78. The van der Waals surface area contributed by atoms with E-state index >= 15 is 0 Å². The second-order valence-corrected chi connectivity index (χ2v) is 3.42. The van der Waals surface area contributed by atoms with Crippen LogP contribution in [0.4, 0.5) is 0 Å². The number of hydrogen-bond donors (Lipinski definition) is 1. The summed E-state index contributed by atoms with van der Waals surface area (Å²) in [4.78, 5) is 3.90. The van der Waals surface area contributed by atoms with E-state index in [0.29, 0.717) is 0 Å². The molecule has 1 rings (SSSR count). The van der Waals surface area contributed by atoms with Crippen LogP contribution < -0.4 is 0 Å². The van der Waals surface area contributed by atoms with Gasteiger partial charge in [0.1, 0.15) is 11.1 Å². The van der Waals surface area contributed by atoms with Gasteiger partial charge in [0.05, 0.1) is 0 Å². The van der Waals surface area contributed by atoms with E-state index in [2.05, 4.69) is 41.9 Å². The molecule has 1 aromatic rings. The van der Waals surface area contributed by atoms with Crippen LogP contribution in [0, 0.1) is 12.1 Å². The van der Waals surface area contributed by atoms with Crippen molar-refractivity contribution in [2.45, 2.75) is 26.7 Å². The first-order valence-corrected chi connectivity index (χ1v) is 5.37. The molecule has 0 amide bonds. The molecule has 0 heterocycles. The molecule has 0 fully saturated rings. The zero-order valence-corrected chi connectivity index (χ0v) is 9.91. The molecular weight excluding hydrogens is 200 g/mol. The molecule has 0 aliphatic heterocycles. The van der Waals surface area contributed by atoms with Crippen molar-refractivity contribution in [1.82, 2.24) is 0 Å². The van der Waals surface area contributed by atoms with E-state index in [1.807, 2.05) is 6.07 Å². The van der Waals surface area contributed by atoms with Crippen molar-refractivity contribution < 1.29 is 5.21 Å². The van der Waals surface area contributed by atoms with E-state index in [-0.39, 0.29) is 0 Å². The first kappa shape index (κ1) is 12.1. The molecule has 82 valence electrons. The van der Waals surface area contributed by atoms with Crippen molar-refractivity contribution in [2.75, 3.05) is 7.05 Å². The van der Waals surface area contributed by atoms with Crippen molar-refractivity contribution in [2.24, 2.45) is 0 Å². The number of rotatable bonds is 2. The fourth-order valence-corrected chi connectivity index (χ4v) is 1.66. The summed E-state index contributed by atoms with van der Waals surface area (Å²) in [6.45, 7) is 4.16. The maximum atomic E-state index is 8.56. The van der Waals surface area contributed by atoms with Gasteiger partial charge in [-0.1, -0.05) is 24.8 Å². The summed E-state index contributed by atoms with van der Waals surface area (Å²) >= 11 is 0. The lowest BCUT2D eigenvalue weighted by Crippen LogP contribution is -1.95. The van der Waals surface area contributed by atoms with Crippen molar-refractivity contribution in [3.8, 4) is 12.1 Å². The molecule has 0 aromatic heterocycles. The summed E-state index contributed by atoms with van der Waals surface area (Å²) in [5, 5.41) is 11.5. The summed E-state index contributed by atoms with van der Waals surface area (Å²) in [6.07, 6.45) is 1.82. The Hall–Kier alpha value is -2.00. The maximum Gasteiger partial charge on any atom is 0.388 e. The quantitative estimate of drug-likeness (QED) is 0.756. The van der Waals surface area contributed by atoms with Crippen LogP contribution in [0.15, 0.2) is 12.1 Å². The Bertz CT molecular complexity index is 455. The minimum atomic E-state index is 0.799. The molecule has 16 heavy (non-hydrogen) atoms. The smallest absolute Gasteiger partial charge is 0.177 e. The van der Waals surface area contributed by atoms with Crippen molar-refractivity contribution in [1.29, 1.82) is 0 Å². The zero-order chi connectivity index (χ0) is 12.0. The van der Waals surface area contributed by atoms with E-state index < -0.39 is 0 Å². The Labute approximate surface area is 95.9 Å². The van der Waals surface area contributed by atoms with Gasteiger partial charge in [0.15, 0.2) is 0 Å². The van der Waals surface area contributed by atoms with Crippen LogP contribution in [0.1, 0.15) is 36.1 Å². The average molecular weight is 216 g/mol. The van der Waals surface area contributed by atoms with Crippen LogP contribution in [-0.4, -0.2) is 12.3 Å². The van der Waals surface area contributed by atoms with Gasteiger partial charge in [0, 0.05) is 0 Å². The normalized spacial score (nSPS) is 8.69. The molecule has 1 aromatic carbocycles. The third kappa shape index (κ3) is 2.52. The molecule has 0 saturated carbocycles. The molecule has 3 heteroatoms. The van der Waals surface area contributed by atoms with Crippen LogP contribution in [0.25, 0.3) is 9.85 Å². The third-order valence-electron chi connectivity index (χ3n) is 2.49. The molecule has 0 radical (unpaired) electrons. The molecule has 0 atom stereocenters. The van der Waals surface area contributed by atoms with E-state index in [1.165, 1.54) is 5.56 Å². The summed E-state index contributed by atoms with van der Waals surface area (Å²) in [7, 11) is 1.69. The standard InChI is InChI=1S/C13H15N2O/c1-4-10-6-11(5-2)13(9-15-16)7-12(10)8-14-3/h6-7H,4-5H2,1-3H3/q+1/p+1. The molecule has 0 bridgehead atoms. The Morgan fingerprint density at radius 1 is 1.06 bits per heavy atom. The number of nitrogens with zero attached hydrogens (tertiary/aromatic N) is 2. The van der Waals surface area contributed by atoms with Gasteiger partial charge in [-0.15, -0.1) is 0 Å². The number of aryl methyl sites for hydroxylation is 2. The highest BCUT2D eigenvalue weighted by molar-refractivity contribution is 5.51. The van der Waals surface area contributed by atoms with Crippen molar-refractivity contribution >= 4 is 0 Å². The van der Waals surface area contributed by atoms with Gasteiger partial charge in [0.25, 0.3) is 7.05 Å². The highest BCUT2D eigenvalue weighted by Gasteiger charge is 2.12. The topological polar surface area (TPSA) is 28.9 Å². The lowest BCUT2D eigenvalue weighted by molar-refractivity contribution is 0.465. The Morgan fingerprint density at radius 2 is 1.62 bits per heavy atom. The maximum absolute atomic E-state index is 8.56. The number of benzene rings is 1. The molecule has 0 unspecified atom stereocenters. The van der Waals surface area contributed by atoms with Crippen LogP contribution in [0.5, 0.6) is 0 Å². The summed E-state index contributed by atoms with van der Waals surface area (Å²) in [5.74, 6) is 0. The number of hydrogen-bond acceptors (Lipinski definition) is 1. The summed E-state index contributed by atoms with van der Waals surface area (Å²) in [5.41, 5.74) is 4.06. The fourth-order valence-electron chi connectivity index (χ4n) is 1.66. The fraction of sp³-hybridized carbons (Fsp3) is 0.385. The molecule has 1 N–H and O–H groups in total. The SMILES string of the molecule is CCc1cc(CC)c(C#[N+]O)cc1C#[N+]C. The monoisotopic (exact) mass is 216 g/mol. The van der Waals surface area contributed by atoms with Crippen LogP contribution in [0.3, 0.4) is 0 Å². The van der Waals surface area contributed by atoms with E-state index in [0.717, 1.165) is 29.5 Å². The average Bonchev–Trinajstić information content (AvgIpc) is 2.30. The lowest BCUT2D eigenvalue weighted by Gasteiger charge is -2.03. The Kier molecular flexibility index (Phi) is 4.36. The summed E-state index contributed by atoms with van der Waals surface area (Å²) in [6, 6.07) is 9.52. The highest BCUT2D eigenvalue weighted by atomic mass is 16.4. The van der Waals surface area contributed by atoms with Gasteiger partial charge >= 0.3 is 12.1 Å². The minimum absolute atomic E-state index is 0.799. The molecule has 0 spiro atoms. The predicted molar refractivity (Wildman–Crippen MR) is 65.6 cm³/mol. The van der Waals surface area contributed by atoms with Crippen LogP contribution in [-0.2, 0) is 12.8 Å². The van der Waals surface area contributed by atoms with E-state index in [9.17, 15) is 0 Å². The van der Waals surface area contributed by atoms with Crippen LogP contribution in [0.2, 0.25) is 0 Å². The van der Waals surface area contributed by atoms with Crippen LogP contribution >= 0.6 is 0 Å². The molecule has 0 aliphatic rings. The largest absolute Gasteiger partial charge is 0.388 e. The Balaban J connectivity index is 3.42.